The van der Waals surface area contributed by atoms with Crippen molar-refractivity contribution >= 4 is 5.97 Å². The average Bonchev–Trinajstić information content (AvgIpc) is 2.66. The number of carbonyl (C=O) groups is 1. The summed E-state index contributed by atoms with van der Waals surface area (Å²) in [5.74, 6) is -0.258. The standard InChI is InChI=1S/C9H15N3O3/c1-3-15-9(14)4-7(2)12-5-8(6-13)10-11-12/h5,7,13H,3-4,6H2,1-2H3. The van der Waals surface area contributed by atoms with Gasteiger partial charge in [0.1, 0.15) is 5.69 Å². The first-order chi connectivity index (χ1) is 7.17. The summed E-state index contributed by atoms with van der Waals surface area (Å²) in [7, 11) is 0. The van der Waals surface area contributed by atoms with Crippen molar-refractivity contribution < 1.29 is 14.6 Å². The van der Waals surface area contributed by atoms with Crippen molar-refractivity contribution in [2.75, 3.05) is 6.61 Å². The molecule has 0 bridgehead atoms. The van der Waals surface area contributed by atoms with Crippen LogP contribution >= 0.6 is 0 Å². The Hall–Kier alpha value is -1.43. The van der Waals surface area contributed by atoms with Gasteiger partial charge in [-0.25, -0.2) is 4.68 Å². The normalized spacial score (nSPS) is 12.5. The van der Waals surface area contributed by atoms with Gasteiger partial charge in [0.25, 0.3) is 0 Å². The van der Waals surface area contributed by atoms with Gasteiger partial charge in [0.15, 0.2) is 0 Å². The van der Waals surface area contributed by atoms with Gasteiger partial charge in [-0.1, -0.05) is 5.21 Å². The minimum absolute atomic E-state index is 0.114. The van der Waals surface area contributed by atoms with E-state index >= 15 is 0 Å². The molecule has 0 aromatic carbocycles. The van der Waals surface area contributed by atoms with E-state index in [0.717, 1.165) is 0 Å². The number of ether oxygens (including phenoxy) is 1. The molecule has 0 spiro atoms. The number of aliphatic hydroxyl groups is 1. The molecule has 6 heteroatoms. The van der Waals surface area contributed by atoms with Gasteiger partial charge in [0.2, 0.25) is 0 Å². The SMILES string of the molecule is CCOC(=O)CC(C)n1cc(CO)nn1. The molecule has 0 aliphatic rings. The largest absolute Gasteiger partial charge is 0.466 e. The van der Waals surface area contributed by atoms with Crippen LogP contribution in [0, 0.1) is 0 Å². The molecule has 1 unspecified atom stereocenters. The zero-order valence-corrected chi connectivity index (χ0v) is 8.88. The van der Waals surface area contributed by atoms with Gasteiger partial charge in [-0.05, 0) is 13.8 Å². The molecular formula is C9H15N3O3. The fourth-order valence-electron chi connectivity index (χ4n) is 1.16. The van der Waals surface area contributed by atoms with Crippen LogP contribution in [0.1, 0.15) is 32.0 Å². The van der Waals surface area contributed by atoms with Gasteiger partial charge >= 0.3 is 5.97 Å². The highest BCUT2D eigenvalue weighted by atomic mass is 16.5. The number of aliphatic hydroxyl groups excluding tert-OH is 1. The van der Waals surface area contributed by atoms with Gasteiger partial charge in [-0.3, -0.25) is 4.79 Å². The predicted molar refractivity (Wildman–Crippen MR) is 51.9 cm³/mol. The highest BCUT2D eigenvalue weighted by Gasteiger charge is 2.13. The van der Waals surface area contributed by atoms with Crippen LogP contribution in [0.2, 0.25) is 0 Å². The molecule has 6 nitrogen and oxygen atoms in total. The van der Waals surface area contributed by atoms with E-state index in [2.05, 4.69) is 10.3 Å². The zero-order valence-electron chi connectivity index (χ0n) is 8.88. The summed E-state index contributed by atoms with van der Waals surface area (Å²) < 4.78 is 6.36. The second-order valence-electron chi connectivity index (χ2n) is 3.21. The lowest BCUT2D eigenvalue weighted by Crippen LogP contribution is -2.13. The smallest absolute Gasteiger partial charge is 0.307 e. The Balaban J connectivity index is 2.52. The van der Waals surface area contributed by atoms with Crippen LogP contribution in [0.25, 0.3) is 0 Å². The van der Waals surface area contributed by atoms with E-state index in [0.29, 0.717) is 12.3 Å². The quantitative estimate of drug-likeness (QED) is 0.711. The van der Waals surface area contributed by atoms with E-state index in [-0.39, 0.29) is 25.0 Å². The van der Waals surface area contributed by atoms with E-state index in [1.165, 1.54) is 0 Å². The van der Waals surface area contributed by atoms with E-state index in [4.69, 9.17) is 9.84 Å². The molecule has 1 N–H and O–H groups in total. The zero-order chi connectivity index (χ0) is 11.3. The lowest BCUT2D eigenvalue weighted by molar-refractivity contribution is -0.143. The number of hydrogen-bond donors (Lipinski definition) is 1. The molecule has 0 saturated carbocycles. The number of esters is 1. The molecule has 0 saturated heterocycles. The maximum atomic E-state index is 11.2. The highest BCUT2D eigenvalue weighted by molar-refractivity contribution is 5.69. The molecule has 1 heterocycles. The second-order valence-corrected chi connectivity index (χ2v) is 3.21. The molecule has 1 rings (SSSR count). The number of nitrogens with zero attached hydrogens (tertiary/aromatic N) is 3. The van der Waals surface area contributed by atoms with E-state index in [1.807, 2.05) is 6.92 Å². The Labute approximate surface area is 87.9 Å². The fourth-order valence-corrected chi connectivity index (χ4v) is 1.16. The lowest BCUT2D eigenvalue weighted by atomic mass is 10.2. The summed E-state index contributed by atoms with van der Waals surface area (Å²) in [6, 6.07) is -0.114. The summed E-state index contributed by atoms with van der Waals surface area (Å²) in [5, 5.41) is 16.3. The highest BCUT2D eigenvalue weighted by Crippen LogP contribution is 2.10. The van der Waals surface area contributed by atoms with Crippen LogP contribution in [-0.4, -0.2) is 32.7 Å². The van der Waals surface area contributed by atoms with Gasteiger partial charge in [0, 0.05) is 0 Å². The number of aromatic nitrogens is 3. The van der Waals surface area contributed by atoms with Gasteiger partial charge in [0.05, 0.1) is 31.9 Å². The Morgan fingerprint density at radius 2 is 2.47 bits per heavy atom. The van der Waals surface area contributed by atoms with Gasteiger partial charge in [-0.2, -0.15) is 0 Å². The first kappa shape index (κ1) is 11.6. The number of rotatable bonds is 5. The maximum Gasteiger partial charge on any atom is 0.307 e. The van der Waals surface area contributed by atoms with Crippen molar-refractivity contribution in [3.05, 3.63) is 11.9 Å². The summed E-state index contributed by atoms with van der Waals surface area (Å²) in [6.07, 6.45) is 1.87. The van der Waals surface area contributed by atoms with Gasteiger partial charge in [-0.15, -0.1) is 5.10 Å². The molecule has 0 fully saturated rings. The molecule has 0 aliphatic heterocycles. The summed E-state index contributed by atoms with van der Waals surface area (Å²) in [5.41, 5.74) is 0.491. The van der Waals surface area contributed by atoms with E-state index in [1.54, 1.807) is 17.8 Å². The van der Waals surface area contributed by atoms with E-state index in [9.17, 15) is 4.79 Å². The Bertz CT molecular complexity index is 324. The average molecular weight is 213 g/mol. The first-order valence-electron chi connectivity index (χ1n) is 4.84. The third-order valence-corrected chi connectivity index (χ3v) is 1.94. The summed E-state index contributed by atoms with van der Waals surface area (Å²) >= 11 is 0. The van der Waals surface area contributed by atoms with Crippen molar-refractivity contribution in [3.63, 3.8) is 0 Å². The molecule has 1 aromatic rings. The van der Waals surface area contributed by atoms with Crippen LogP contribution in [0.15, 0.2) is 6.20 Å². The Kier molecular flexibility index (Phi) is 4.23. The summed E-state index contributed by atoms with van der Waals surface area (Å²) in [6.45, 7) is 3.84. The van der Waals surface area contributed by atoms with Crippen molar-refractivity contribution in [2.45, 2.75) is 32.9 Å². The van der Waals surface area contributed by atoms with Crippen molar-refractivity contribution in [1.29, 1.82) is 0 Å². The molecule has 0 amide bonds. The second kappa shape index (κ2) is 5.45. The predicted octanol–water partition coefficient (Wildman–Crippen LogP) is 0.285. The van der Waals surface area contributed by atoms with Crippen LogP contribution in [0.5, 0.6) is 0 Å². The molecule has 0 aliphatic carbocycles. The van der Waals surface area contributed by atoms with Crippen LogP contribution in [0.3, 0.4) is 0 Å². The third kappa shape index (κ3) is 3.32. The van der Waals surface area contributed by atoms with Crippen molar-refractivity contribution in [2.24, 2.45) is 0 Å². The third-order valence-electron chi connectivity index (χ3n) is 1.94. The number of carbonyl (C=O) groups excluding carboxylic acids is 1. The van der Waals surface area contributed by atoms with Crippen LogP contribution in [-0.2, 0) is 16.1 Å². The molecule has 1 atom stereocenters. The molecule has 15 heavy (non-hydrogen) atoms. The van der Waals surface area contributed by atoms with Crippen molar-refractivity contribution in [1.82, 2.24) is 15.0 Å². The minimum atomic E-state index is -0.258. The van der Waals surface area contributed by atoms with Crippen LogP contribution < -0.4 is 0 Å². The molecule has 84 valence electrons. The molecular weight excluding hydrogens is 198 g/mol. The lowest BCUT2D eigenvalue weighted by Gasteiger charge is -2.09. The van der Waals surface area contributed by atoms with E-state index < -0.39 is 0 Å². The topological polar surface area (TPSA) is 77.2 Å². The number of hydrogen-bond acceptors (Lipinski definition) is 5. The minimum Gasteiger partial charge on any atom is -0.466 e. The van der Waals surface area contributed by atoms with Gasteiger partial charge < -0.3 is 9.84 Å². The first-order valence-corrected chi connectivity index (χ1v) is 4.84. The monoisotopic (exact) mass is 213 g/mol. The Morgan fingerprint density at radius 1 is 1.73 bits per heavy atom. The van der Waals surface area contributed by atoms with Crippen LogP contribution in [0.4, 0.5) is 0 Å². The summed E-state index contributed by atoms with van der Waals surface area (Å²) in [4.78, 5) is 11.2. The fraction of sp³-hybridized carbons (Fsp3) is 0.667. The maximum absolute atomic E-state index is 11.2. The molecule has 0 radical (unpaired) electrons. The van der Waals surface area contributed by atoms with Crippen molar-refractivity contribution in [3.8, 4) is 0 Å². The Morgan fingerprint density at radius 3 is 3.00 bits per heavy atom. The molecule has 1 aromatic heterocycles.